The molecule has 3 rings (SSSR count). The fourth-order valence-corrected chi connectivity index (χ4v) is 4.36. The van der Waals surface area contributed by atoms with Crippen LogP contribution in [0, 0.1) is 5.82 Å². The molecule has 37 heavy (non-hydrogen) atoms. The molecule has 0 aliphatic rings. The summed E-state index contributed by atoms with van der Waals surface area (Å²) in [6.07, 6.45) is 0. The summed E-state index contributed by atoms with van der Waals surface area (Å²) >= 11 is 0.678. The van der Waals surface area contributed by atoms with E-state index in [1.165, 1.54) is 54.5 Å². The number of nitrogens with two attached hydrogens (primary N) is 2. The molecule has 1 aromatic heterocycles. The Hall–Kier alpha value is -4.19. The average molecular weight is 530 g/mol. The molecule has 0 saturated heterocycles. The minimum atomic E-state index is -1.25. The van der Waals surface area contributed by atoms with Crippen LogP contribution in [0.25, 0.3) is 0 Å². The van der Waals surface area contributed by atoms with Crippen LogP contribution >= 0.6 is 11.5 Å². The van der Waals surface area contributed by atoms with E-state index in [4.69, 9.17) is 16.2 Å². The Kier molecular flexibility index (Phi) is 8.02. The third-order valence-electron chi connectivity index (χ3n) is 5.26. The van der Waals surface area contributed by atoms with Gasteiger partial charge in [0.05, 0.1) is 12.8 Å². The van der Waals surface area contributed by atoms with Crippen molar-refractivity contribution < 1.29 is 28.6 Å². The molecule has 0 spiro atoms. The lowest BCUT2D eigenvalue weighted by atomic mass is 10.00. The molecule has 3 amide bonds. The third kappa shape index (κ3) is 6.33. The zero-order chi connectivity index (χ0) is 27.5. The summed E-state index contributed by atoms with van der Waals surface area (Å²) < 4.78 is 22.7. The first kappa shape index (κ1) is 27.4. The van der Waals surface area contributed by atoms with Crippen LogP contribution in [0.3, 0.4) is 0 Å². The predicted molar refractivity (Wildman–Crippen MR) is 137 cm³/mol. The maximum Gasteiger partial charge on any atom is 0.270 e. The number of ether oxygens (including phenoxy) is 1. The fourth-order valence-electron chi connectivity index (χ4n) is 3.60. The first-order chi connectivity index (χ1) is 17.3. The second-order valence-electron chi connectivity index (χ2n) is 9.27. The molecule has 0 aliphatic heterocycles. The number of nitrogen functional groups attached to an aromatic ring is 1. The van der Waals surface area contributed by atoms with Gasteiger partial charge in [-0.1, -0.05) is 18.2 Å². The molecule has 0 bridgehead atoms. The average Bonchev–Trinajstić information content (AvgIpc) is 3.20. The summed E-state index contributed by atoms with van der Waals surface area (Å²) in [5.41, 5.74) is 11.1. The largest absolute Gasteiger partial charge is 0.504 e. The Bertz CT molecular complexity index is 1320. The van der Waals surface area contributed by atoms with E-state index in [1.54, 1.807) is 20.8 Å². The minimum Gasteiger partial charge on any atom is -0.504 e. The van der Waals surface area contributed by atoms with Gasteiger partial charge in [-0.25, -0.2) is 4.39 Å². The van der Waals surface area contributed by atoms with Gasteiger partial charge in [0.15, 0.2) is 17.2 Å². The van der Waals surface area contributed by atoms with Crippen LogP contribution in [0.5, 0.6) is 11.5 Å². The maximum absolute atomic E-state index is 13.9. The second kappa shape index (κ2) is 10.8. The molecule has 196 valence electrons. The molecular formula is C25H28FN5O5S. The van der Waals surface area contributed by atoms with Gasteiger partial charge >= 0.3 is 0 Å². The molecule has 10 nitrogen and oxygen atoms in total. The molecular weight excluding hydrogens is 501 g/mol. The number of carbonyl (C=O) groups excluding carboxylic acids is 3. The summed E-state index contributed by atoms with van der Waals surface area (Å²) in [6, 6.07) is 8.46. The van der Waals surface area contributed by atoms with Crippen LogP contribution in [-0.4, -0.2) is 44.8 Å². The van der Waals surface area contributed by atoms with E-state index in [2.05, 4.69) is 9.69 Å². The normalized spacial score (nSPS) is 12.0. The Morgan fingerprint density at radius 1 is 1.19 bits per heavy atom. The van der Waals surface area contributed by atoms with Crippen LogP contribution in [0.15, 0.2) is 42.5 Å². The number of benzene rings is 2. The standard InChI is InChI=1S/C25H28FN5O5S/c1-25(2,3)29-23(34)20(14-7-10-16(32)17(11-14)36-4)31(12-13-5-8-15(26)9-6-13)24(35)21-18(27)19(22(28)33)30-37-21/h5-11,20,32H,12,27H2,1-4H3,(H2,28,33)(H,29,34)/t20-/m0/s1. The number of nitrogens with one attached hydrogen (secondary N) is 1. The second-order valence-corrected chi connectivity index (χ2v) is 10.0. The molecule has 0 fully saturated rings. The smallest absolute Gasteiger partial charge is 0.270 e. The Morgan fingerprint density at radius 3 is 2.38 bits per heavy atom. The van der Waals surface area contributed by atoms with E-state index in [-0.39, 0.29) is 34.3 Å². The van der Waals surface area contributed by atoms with E-state index in [1.807, 2.05) is 0 Å². The molecule has 6 N–H and O–H groups in total. The first-order valence-corrected chi connectivity index (χ1v) is 11.9. The SMILES string of the molecule is COc1cc([C@@H](C(=O)NC(C)(C)C)N(Cc2ccc(F)cc2)C(=O)c2snc(C(N)=O)c2N)ccc1O. The molecule has 2 aromatic carbocycles. The molecule has 1 atom stereocenters. The van der Waals surface area contributed by atoms with Crippen LogP contribution in [-0.2, 0) is 11.3 Å². The zero-order valence-corrected chi connectivity index (χ0v) is 21.6. The number of nitrogens with zero attached hydrogens (tertiary/aromatic N) is 2. The monoisotopic (exact) mass is 529 g/mol. The van der Waals surface area contributed by atoms with Gasteiger partial charge in [0.25, 0.3) is 11.8 Å². The number of phenols is 1. The first-order valence-electron chi connectivity index (χ1n) is 11.1. The summed E-state index contributed by atoms with van der Waals surface area (Å²) in [5, 5.41) is 13.0. The number of primary amides is 1. The molecule has 1 heterocycles. The third-order valence-corrected chi connectivity index (χ3v) is 6.11. The summed E-state index contributed by atoms with van der Waals surface area (Å²) in [4.78, 5) is 40.4. The van der Waals surface area contributed by atoms with E-state index in [0.717, 1.165) is 0 Å². The summed E-state index contributed by atoms with van der Waals surface area (Å²) in [7, 11) is 1.36. The molecule has 0 radical (unpaired) electrons. The lowest BCUT2D eigenvalue weighted by Gasteiger charge is -2.34. The van der Waals surface area contributed by atoms with Gasteiger partial charge in [0, 0.05) is 12.1 Å². The van der Waals surface area contributed by atoms with Crippen LogP contribution < -0.4 is 21.5 Å². The number of carbonyl (C=O) groups is 3. The highest BCUT2D eigenvalue weighted by atomic mass is 32.1. The Morgan fingerprint density at radius 2 is 1.84 bits per heavy atom. The number of rotatable bonds is 8. The topological polar surface area (TPSA) is 161 Å². The van der Waals surface area contributed by atoms with Crippen molar-refractivity contribution in [1.82, 2.24) is 14.6 Å². The zero-order valence-electron chi connectivity index (χ0n) is 20.7. The van der Waals surface area contributed by atoms with Crippen molar-refractivity contribution in [3.63, 3.8) is 0 Å². The van der Waals surface area contributed by atoms with Crippen LogP contribution in [0.2, 0.25) is 0 Å². The van der Waals surface area contributed by atoms with Gasteiger partial charge < -0.3 is 31.5 Å². The van der Waals surface area contributed by atoms with Gasteiger partial charge in [-0.05, 0) is 67.7 Å². The van der Waals surface area contributed by atoms with Crippen molar-refractivity contribution in [1.29, 1.82) is 0 Å². The van der Waals surface area contributed by atoms with Crippen molar-refractivity contribution in [2.75, 3.05) is 12.8 Å². The van der Waals surface area contributed by atoms with Crippen molar-refractivity contribution in [2.45, 2.75) is 38.9 Å². The lowest BCUT2D eigenvalue weighted by molar-refractivity contribution is -0.127. The predicted octanol–water partition coefficient (Wildman–Crippen LogP) is 2.98. The highest BCUT2D eigenvalue weighted by Gasteiger charge is 2.36. The maximum atomic E-state index is 13.9. The highest BCUT2D eigenvalue weighted by molar-refractivity contribution is 7.09. The fraction of sp³-hybridized carbons (Fsp3) is 0.280. The number of aromatic hydroxyl groups is 1. The van der Waals surface area contributed by atoms with E-state index >= 15 is 0 Å². The van der Waals surface area contributed by atoms with Gasteiger partial charge in [-0.3, -0.25) is 14.4 Å². The summed E-state index contributed by atoms with van der Waals surface area (Å²) in [6.45, 7) is 5.22. The van der Waals surface area contributed by atoms with E-state index < -0.39 is 35.1 Å². The number of anilines is 1. The molecule has 0 unspecified atom stereocenters. The van der Waals surface area contributed by atoms with Crippen molar-refractivity contribution in [2.24, 2.45) is 5.73 Å². The van der Waals surface area contributed by atoms with Crippen LogP contribution in [0.4, 0.5) is 10.1 Å². The molecule has 0 saturated carbocycles. The van der Waals surface area contributed by atoms with Crippen molar-refractivity contribution >= 4 is 34.9 Å². The van der Waals surface area contributed by atoms with Crippen LogP contribution in [0.1, 0.15) is 58.1 Å². The Labute approximate surface area is 217 Å². The highest BCUT2D eigenvalue weighted by Crippen LogP contribution is 2.34. The molecule has 12 heteroatoms. The molecule has 3 aromatic rings. The van der Waals surface area contributed by atoms with Gasteiger partial charge in [-0.15, -0.1) is 0 Å². The number of halogens is 1. The number of hydrogen-bond donors (Lipinski definition) is 4. The van der Waals surface area contributed by atoms with E-state index in [9.17, 15) is 23.9 Å². The lowest BCUT2D eigenvalue weighted by Crippen LogP contribution is -2.49. The van der Waals surface area contributed by atoms with Crippen molar-refractivity contribution in [3.8, 4) is 11.5 Å². The number of methoxy groups -OCH3 is 1. The number of phenolic OH excluding ortho intramolecular Hbond substituents is 1. The molecule has 0 aliphatic carbocycles. The minimum absolute atomic E-state index is 0.0878. The van der Waals surface area contributed by atoms with Crippen molar-refractivity contribution in [3.05, 3.63) is 70.0 Å². The number of amides is 3. The quantitative estimate of drug-likeness (QED) is 0.349. The Balaban J connectivity index is 2.21. The van der Waals surface area contributed by atoms with Gasteiger partial charge in [-0.2, -0.15) is 4.37 Å². The van der Waals surface area contributed by atoms with E-state index in [0.29, 0.717) is 22.7 Å². The summed E-state index contributed by atoms with van der Waals surface area (Å²) in [5.74, 6) is -2.67. The van der Waals surface area contributed by atoms with Gasteiger partial charge in [0.1, 0.15) is 16.7 Å². The number of hydrogen-bond acceptors (Lipinski definition) is 8. The number of aromatic nitrogens is 1. The van der Waals surface area contributed by atoms with Gasteiger partial charge in [0.2, 0.25) is 5.91 Å².